The van der Waals surface area contributed by atoms with Crippen LogP contribution in [0.5, 0.6) is 0 Å². The Morgan fingerprint density at radius 3 is 1.33 bits per heavy atom. The fourth-order valence-electron chi connectivity index (χ4n) is 0. The van der Waals surface area contributed by atoms with E-state index >= 15 is 0 Å². The van der Waals surface area contributed by atoms with Crippen molar-refractivity contribution in [1.29, 1.82) is 10.8 Å². The van der Waals surface area contributed by atoms with Crippen LogP contribution in [0.1, 0.15) is 0 Å². The highest BCUT2D eigenvalue weighted by molar-refractivity contribution is 5.29. The van der Waals surface area contributed by atoms with Gasteiger partial charge in [0.15, 0.2) is 0 Å². The molecule has 0 fully saturated rings. The summed E-state index contributed by atoms with van der Waals surface area (Å²) >= 11 is 0. The van der Waals surface area contributed by atoms with Gasteiger partial charge in [0, 0.05) is 14.2 Å². The second-order valence-corrected chi connectivity index (χ2v) is 0.533. The van der Waals surface area contributed by atoms with Crippen molar-refractivity contribution >= 4 is 6.01 Å². The highest BCUT2D eigenvalue weighted by Crippen LogP contribution is 1.28. The first-order chi connectivity index (χ1) is 2.83. The van der Waals surface area contributed by atoms with Gasteiger partial charge in [0.25, 0.3) is 0 Å². The van der Waals surface area contributed by atoms with Gasteiger partial charge in [-0.3, -0.25) is 0 Å². The second-order valence-electron chi connectivity index (χ2n) is 0.533. The standard InChI is InChI=1S/C2H6O.CH2N2/c1-3-2;2-1-3/h1-2H3;2-3H. The number of methoxy groups -OCH3 is 1. The van der Waals surface area contributed by atoms with Crippen LogP contribution >= 0.6 is 0 Å². The van der Waals surface area contributed by atoms with E-state index in [0.717, 1.165) is 0 Å². The molecule has 0 unspecified atom stereocenters. The van der Waals surface area contributed by atoms with Gasteiger partial charge in [0.1, 0.15) is 0 Å². The van der Waals surface area contributed by atoms with Gasteiger partial charge in [-0.1, -0.05) is 0 Å². The van der Waals surface area contributed by atoms with E-state index < -0.39 is 0 Å². The molecule has 36 valence electrons. The van der Waals surface area contributed by atoms with Gasteiger partial charge in [0.05, 0.1) is 6.01 Å². The third-order valence-corrected chi connectivity index (χ3v) is 0. The van der Waals surface area contributed by atoms with Crippen LogP contribution in [0.4, 0.5) is 0 Å². The van der Waals surface area contributed by atoms with Crippen LogP contribution in [-0.4, -0.2) is 20.2 Å². The van der Waals surface area contributed by atoms with Crippen molar-refractivity contribution in [3.05, 3.63) is 0 Å². The first kappa shape index (κ1) is 9.02. The lowest BCUT2D eigenvalue weighted by Gasteiger charge is -1.61. The van der Waals surface area contributed by atoms with E-state index in [1.807, 2.05) is 0 Å². The third kappa shape index (κ3) is 42.0. The zero-order valence-electron chi connectivity index (χ0n) is 3.91. The Hall–Kier alpha value is -0.660. The van der Waals surface area contributed by atoms with Gasteiger partial charge in [-0.05, 0) is 0 Å². The Kier molecular flexibility index (Phi) is 40.5. The van der Waals surface area contributed by atoms with Gasteiger partial charge < -0.3 is 4.74 Å². The van der Waals surface area contributed by atoms with E-state index in [1.54, 1.807) is 14.2 Å². The molecule has 0 heterocycles. The maximum atomic E-state index is 5.62. The summed E-state index contributed by atoms with van der Waals surface area (Å²) in [5.41, 5.74) is 0. The minimum Gasteiger partial charge on any atom is -0.388 e. The number of hydrogen-bond donors (Lipinski definition) is 2. The maximum Gasteiger partial charge on any atom is 0.0831 e. The Morgan fingerprint density at radius 1 is 1.33 bits per heavy atom. The lowest BCUT2D eigenvalue weighted by molar-refractivity contribution is 0.277. The average Bonchev–Trinajstić information content (AvgIpc) is 1.39. The predicted octanol–water partition coefficient (Wildman–Crippen LogP) is 0.580. The molecule has 6 heavy (non-hydrogen) atoms. The van der Waals surface area contributed by atoms with E-state index in [2.05, 4.69) is 4.74 Å². The average molecular weight is 88.1 g/mol. The van der Waals surface area contributed by atoms with Crippen molar-refractivity contribution in [2.45, 2.75) is 0 Å². The first-order valence-electron chi connectivity index (χ1n) is 1.32. The molecular formula is C3H8N2O. The van der Waals surface area contributed by atoms with E-state index in [1.165, 1.54) is 6.01 Å². The van der Waals surface area contributed by atoms with Crippen molar-refractivity contribution in [2.24, 2.45) is 0 Å². The van der Waals surface area contributed by atoms with Gasteiger partial charge in [-0.25, -0.2) is 10.8 Å². The lowest BCUT2D eigenvalue weighted by Crippen LogP contribution is -1.55. The van der Waals surface area contributed by atoms with E-state index in [-0.39, 0.29) is 0 Å². The fourth-order valence-corrected chi connectivity index (χ4v) is 0. The van der Waals surface area contributed by atoms with E-state index in [4.69, 9.17) is 10.8 Å². The molecule has 0 radical (unpaired) electrons. The molecule has 0 atom stereocenters. The third-order valence-electron chi connectivity index (χ3n) is 0. The smallest absolute Gasteiger partial charge is 0.0831 e. The summed E-state index contributed by atoms with van der Waals surface area (Å²) in [5, 5.41) is 11.2. The molecule has 0 amide bonds. The molecule has 0 rings (SSSR count). The van der Waals surface area contributed by atoms with Crippen LogP contribution < -0.4 is 0 Å². The molecule has 0 saturated heterocycles. The largest absolute Gasteiger partial charge is 0.388 e. The Morgan fingerprint density at radius 2 is 1.33 bits per heavy atom. The van der Waals surface area contributed by atoms with Crippen LogP contribution in [0.25, 0.3) is 0 Å². The van der Waals surface area contributed by atoms with Crippen molar-refractivity contribution in [3.8, 4) is 0 Å². The topological polar surface area (TPSA) is 56.9 Å². The maximum absolute atomic E-state index is 5.62. The number of nitrogens with one attached hydrogen (secondary N) is 2. The molecule has 0 aromatic heterocycles. The first-order valence-corrected chi connectivity index (χ1v) is 1.32. The Labute approximate surface area is 37.0 Å². The van der Waals surface area contributed by atoms with E-state index in [0.29, 0.717) is 0 Å². The second kappa shape index (κ2) is 27.0. The predicted molar refractivity (Wildman–Crippen MR) is 23.4 cm³/mol. The molecule has 0 aromatic rings. The zero-order valence-corrected chi connectivity index (χ0v) is 3.91. The zero-order chi connectivity index (χ0) is 5.41. The normalized spacial score (nSPS) is 4.33. The van der Waals surface area contributed by atoms with E-state index in [9.17, 15) is 0 Å². The summed E-state index contributed by atoms with van der Waals surface area (Å²) in [4.78, 5) is 0. The summed E-state index contributed by atoms with van der Waals surface area (Å²) in [6, 6.07) is 1.25. The number of ether oxygens (including phenoxy) is 1. The van der Waals surface area contributed by atoms with Gasteiger partial charge in [-0.2, -0.15) is 0 Å². The van der Waals surface area contributed by atoms with Crippen LogP contribution in [0.3, 0.4) is 0 Å². The van der Waals surface area contributed by atoms with Crippen molar-refractivity contribution < 1.29 is 4.74 Å². The van der Waals surface area contributed by atoms with Crippen LogP contribution in [0.15, 0.2) is 0 Å². The van der Waals surface area contributed by atoms with Crippen LogP contribution in [0, 0.1) is 10.8 Å². The van der Waals surface area contributed by atoms with Gasteiger partial charge in [-0.15, -0.1) is 0 Å². The Balaban J connectivity index is 0. The minimum atomic E-state index is 1.25. The molecule has 0 bridgehead atoms. The molecule has 0 aliphatic heterocycles. The number of hydrogen-bond acceptors (Lipinski definition) is 3. The number of rotatable bonds is 0. The molecule has 0 saturated carbocycles. The van der Waals surface area contributed by atoms with Crippen LogP contribution in [-0.2, 0) is 4.74 Å². The quantitative estimate of drug-likeness (QED) is 0.418. The van der Waals surface area contributed by atoms with Crippen molar-refractivity contribution in [3.63, 3.8) is 0 Å². The molecule has 0 aliphatic carbocycles. The SMILES string of the molecule is COC.N=C=N. The molecule has 0 aliphatic rings. The van der Waals surface area contributed by atoms with Gasteiger partial charge in [0.2, 0.25) is 0 Å². The molecule has 0 spiro atoms. The Bertz CT molecular complexity index is 38.1. The molecular weight excluding hydrogens is 80.0 g/mol. The fraction of sp³-hybridized carbons (Fsp3) is 0.667. The summed E-state index contributed by atoms with van der Waals surface area (Å²) in [7, 11) is 3.25. The van der Waals surface area contributed by atoms with Crippen molar-refractivity contribution in [2.75, 3.05) is 14.2 Å². The van der Waals surface area contributed by atoms with Crippen molar-refractivity contribution in [1.82, 2.24) is 0 Å². The molecule has 0 aromatic carbocycles. The summed E-state index contributed by atoms with van der Waals surface area (Å²) in [6.45, 7) is 0. The van der Waals surface area contributed by atoms with Gasteiger partial charge >= 0.3 is 0 Å². The molecule has 3 heteroatoms. The van der Waals surface area contributed by atoms with Crippen LogP contribution in [0.2, 0.25) is 0 Å². The highest BCUT2D eigenvalue weighted by Gasteiger charge is 1.25. The summed E-state index contributed by atoms with van der Waals surface area (Å²) in [6.07, 6.45) is 0. The summed E-state index contributed by atoms with van der Waals surface area (Å²) < 4.78 is 4.25. The molecule has 2 N–H and O–H groups in total. The summed E-state index contributed by atoms with van der Waals surface area (Å²) in [5.74, 6) is 0. The monoisotopic (exact) mass is 88.1 g/mol. The minimum absolute atomic E-state index is 1.25. The lowest BCUT2D eigenvalue weighted by atomic mass is 11.6. The highest BCUT2D eigenvalue weighted by atomic mass is 16.4. The molecule has 3 nitrogen and oxygen atoms in total.